The minimum absolute atomic E-state index is 0.0377. The zero-order chi connectivity index (χ0) is 31.7. The average Bonchev–Trinajstić information content (AvgIpc) is 3.36. The van der Waals surface area contributed by atoms with Crippen molar-refractivity contribution >= 4 is 44.5 Å². The van der Waals surface area contributed by atoms with Gasteiger partial charge in [-0.2, -0.15) is 4.31 Å². The lowest BCUT2D eigenvalue weighted by atomic mass is 9.97. The monoisotopic (exact) mass is 632 g/mol. The molecule has 5 atom stereocenters. The van der Waals surface area contributed by atoms with Crippen LogP contribution in [0, 0.1) is 0 Å². The Morgan fingerprint density at radius 1 is 0.867 bits per heavy atom. The van der Waals surface area contributed by atoms with Crippen LogP contribution in [0.5, 0.6) is 0 Å². The summed E-state index contributed by atoms with van der Waals surface area (Å²) in [6.07, 6.45) is 2.12. The number of fused-ring (bicyclic) bond motifs is 2. The van der Waals surface area contributed by atoms with Gasteiger partial charge in [0, 0.05) is 24.7 Å². The third-order valence-electron chi connectivity index (χ3n) is 8.35. The molecule has 3 aromatic rings. The highest BCUT2D eigenvalue weighted by Gasteiger charge is 2.48. The van der Waals surface area contributed by atoms with Crippen LogP contribution >= 0.6 is 0 Å². The number of sulfonamides is 1. The molecule has 0 radical (unpaired) electrons. The maximum Gasteiger partial charge on any atom is 0.310 e. The number of benzene rings is 3. The summed E-state index contributed by atoms with van der Waals surface area (Å²) in [6, 6.07) is 16.3. The summed E-state index contributed by atoms with van der Waals surface area (Å²) in [7, 11) is -4.06. The van der Waals surface area contributed by atoms with E-state index >= 15 is 0 Å². The van der Waals surface area contributed by atoms with Crippen molar-refractivity contribution in [2.45, 2.75) is 54.6 Å². The summed E-state index contributed by atoms with van der Waals surface area (Å²) in [5.41, 5.74) is 0.386. The van der Waals surface area contributed by atoms with Crippen LogP contribution in [0.1, 0.15) is 29.6 Å². The van der Waals surface area contributed by atoms with E-state index in [1.807, 2.05) is 36.4 Å². The quantitative estimate of drug-likeness (QED) is 0.271. The predicted octanol–water partition coefficient (Wildman–Crippen LogP) is 1.31. The van der Waals surface area contributed by atoms with E-state index in [2.05, 4.69) is 10.6 Å². The highest BCUT2D eigenvalue weighted by molar-refractivity contribution is 7.89. The number of aliphatic hydroxyl groups is 1. The fraction of sp³-hybridized carbons (Fsp3) is 0.312. The van der Waals surface area contributed by atoms with Gasteiger partial charge in [0.05, 0.1) is 11.3 Å². The fourth-order valence-electron chi connectivity index (χ4n) is 6.09. The number of ether oxygens (including phenoxy) is 1. The molecule has 2 unspecified atom stereocenters. The molecule has 3 aliphatic heterocycles. The number of rotatable bonds is 6. The van der Waals surface area contributed by atoms with Crippen LogP contribution in [0.3, 0.4) is 0 Å². The molecule has 6 rings (SSSR count). The van der Waals surface area contributed by atoms with Crippen molar-refractivity contribution in [1.29, 1.82) is 0 Å². The lowest BCUT2D eigenvalue weighted by Crippen LogP contribution is -2.68. The van der Waals surface area contributed by atoms with Crippen molar-refractivity contribution in [2.75, 3.05) is 13.1 Å². The van der Waals surface area contributed by atoms with Crippen molar-refractivity contribution in [3.63, 3.8) is 0 Å². The van der Waals surface area contributed by atoms with Crippen molar-refractivity contribution < 1.29 is 37.4 Å². The van der Waals surface area contributed by atoms with Gasteiger partial charge in [0.1, 0.15) is 18.1 Å². The van der Waals surface area contributed by atoms with Crippen LogP contribution in [0.15, 0.2) is 89.8 Å². The lowest BCUT2D eigenvalue weighted by Gasteiger charge is -2.47. The molecule has 2 fully saturated rings. The van der Waals surface area contributed by atoms with Gasteiger partial charge in [-0.3, -0.25) is 19.2 Å². The predicted molar refractivity (Wildman–Crippen MR) is 162 cm³/mol. The van der Waals surface area contributed by atoms with Gasteiger partial charge in [0.25, 0.3) is 5.91 Å². The van der Waals surface area contributed by atoms with Gasteiger partial charge in [-0.25, -0.2) is 8.42 Å². The van der Waals surface area contributed by atoms with Crippen molar-refractivity contribution in [3.05, 3.63) is 90.5 Å². The molecule has 45 heavy (non-hydrogen) atoms. The molecule has 0 spiro atoms. The highest BCUT2D eigenvalue weighted by Crippen LogP contribution is 2.28. The minimum Gasteiger partial charge on any atom is -0.434 e. The van der Waals surface area contributed by atoms with E-state index in [1.54, 1.807) is 36.4 Å². The molecule has 3 aromatic carbocycles. The Balaban J connectivity index is 1.32. The fourth-order valence-corrected chi connectivity index (χ4v) is 7.60. The van der Waals surface area contributed by atoms with Crippen LogP contribution in [0.2, 0.25) is 0 Å². The van der Waals surface area contributed by atoms with E-state index in [0.29, 0.717) is 10.9 Å². The maximum absolute atomic E-state index is 14.3. The summed E-state index contributed by atoms with van der Waals surface area (Å²) in [4.78, 5) is 54.7. The van der Waals surface area contributed by atoms with E-state index in [0.717, 1.165) is 5.39 Å². The zero-order valence-corrected chi connectivity index (χ0v) is 24.9. The Kier molecular flexibility index (Phi) is 8.40. The first-order valence-electron chi connectivity index (χ1n) is 14.6. The van der Waals surface area contributed by atoms with Gasteiger partial charge >= 0.3 is 5.97 Å². The summed E-state index contributed by atoms with van der Waals surface area (Å²) >= 11 is 0. The number of piperazine rings is 1. The Hall–Kier alpha value is -4.59. The van der Waals surface area contributed by atoms with Crippen molar-refractivity contribution in [3.8, 4) is 0 Å². The largest absolute Gasteiger partial charge is 0.434 e. The van der Waals surface area contributed by atoms with E-state index in [9.17, 15) is 32.7 Å². The highest BCUT2D eigenvalue weighted by atomic mass is 32.2. The van der Waals surface area contributed by atoms with Gasteiger partial charge in [0.15, 0.2) is 0 Å². The molecular weight excluding hydrogens is 600 g/mol. The number of hydrogen-bond acceptors (Lipinski definition) is 8. The standard InChI is InChI=1S/C32H32N4O8S/c37-28-17-26(32(41)44-28)34-30(39)27-19-35(45(42,43)22-12-2-1-3-13-22)18-21-11-5-7-16-25(31(40)36(21)27)33-29(38)24-15-8-10-20-9-4-6-14-23(20)24/h1-10,12-15,21,25-27,32,41H,11,16-19H2,(H,33,38)(H,34,39)/t21-,25-,26?,27-,32?/m0/s1. The second kappa shape index (κ2) is 12.4. The summed E-state index contributed by atoms with van der Waals surface area (Å²) in [6.45, 7) is -0.467. The Morgan fingerprint density at radius 3 is 2.33 bits per heavy atom. The molecule has 0 aromatic heterocycles. The number of esters is 1. The lowest BCUT2D eigenvalue weighted by molar-refractivity contribution is -0.156. The van der Waals surface area contributed by atoms with E-state index in [-0.39, 0.29) is 37.2 Å². The van der Waals surface area contributed by atoms with Crippen LogP contribution in [-0.2, 0) is 29.1 Å². The molecule has 12 nitrogen and oxygen atoms in total. The van der Waals surface area contributed by atoms with Gasteiger partial charge in [-0.15, -0.1) is 0 Å². The Labute approximate surface area is 259 Å². The van der Waals surface area contributed by atoms with Gasteiger partial charge in [-0.05, 0) is 41.8 Å². The second-order valence-electron chi connectivity index (χ2n) is 11.2. The average molecular weight is 633 g/mol. The topological polar surface area (TPSA) is 162 Å². The van der Waals surface area contributed by atoms with E-state index in [1.165, 1.54) is 21.3 Å². The number of carbonyl (C=O) groups excluding carboxylic acids is 4. The molecule has 3 heterocycles. The number of amides is 3. The molecule has 0 saturated carbocycles. The number of nitrogens with one attached hydrogen (secondary N) is 2. The summed E-state index contributed by atoms with van der Waals surface area (Å²) < 4.78 is 33.3. The van der Waals surface area contributed by atoms with Gasteiger partial charge in [-0.1, -0.05) is 66.7 Å². The molecule has 0 bridgehead atoms. The zero-order valence-electron chi connectivity index (χ0n) is 24.1. The molecule has 3 aliphatic rings. The smallest absolute Gasteiger partial charge is 0.310 e. The Morgan fingerprint density at radius 2 is 1.58 bits per heavy atom. The molecular formula is C32H32N4O8S. The summed E-state index contributed by atoms with van der Waals surface area (Å²) in [5.74, 6) is -2.47. The third-order valence-corrected chi connectivity index (χ3v) is 10.2. The first kappa shape index (κ1) is 30.4. The Bertz CT molecular complexity index is 1770. The second-order valence-corrected chi connectivity index (χ2v) is 13.2. The summed E-state index contributed by atoms with van der Waals surface area (Å²) in [5, 5.41) is 17.1. The van der Waals surface area contributed by atoms with Crippen molar-refractivity contribution in [2.24, 2.45) is 0 Å². The maximum atomic E-state index is 14.3. The molecule has 2 saturated heterocycles. The first-order valence-corrected chi connectivity index (χ1v) is 16.1. The molecule has 13 heteroatoms. The van der Waals surface area contributed by atoms with Gasteiger partial charge in [0.2, 0.25) is 28.1 Å². The SMILES string of the molecule is O=C1CC(NC(=O)[C@@H]2CN(S(=O)(=O)c3ccccc3)C[C@@H]3CC=CC[C@H](NC(=O)c4cccc5ccccc45)C(=O)N32)C(O)O1. The van der Waals surface area contributed by atoms with E-state index < -0.39 is 64.2 Å². The van der Waals surface area contributed by atoms with Crippen LogP contribution in [0.25, 0.3) is 10.8 Å². The van der Waals surface area contributed by atoms with E-state index in [4.69, 9.17) is 4.74 Å². The van der Waals surface area contributed by atoms with Crippen molar-refractivity contribution in [1.82, 2.24) is 19.8 Å². The first-order chi connectivity index (χ1) is 21.6. The van der Waals surface area contributed by atoms with Gasteiger partial charge < -0.3 is 25.4 Å². The van der Waals surface area contributed by atoms with Crippen LogP contribution < -0.4 is 10.6 Å². The minimum atomic E-state index is -4.06. The van der Waals surface area contributed by atoms with Crippen LogP contribution in [0.4, 0.5) is 0 Å². The molecule has 234 valence electrons. The van der Waals surface area contributed by atoms with Crippen LogP contribution in [-0.4, -0.2) is 90.0 Å². The number of cyclic esters (lactones) is 1. The normalized spacial score (nSPS) is 25.6. The molecule has 3 amide bonds. The number of carbonyl (C=O) groups is 4. The molecule has 0 aliphatic carbocycles. The number of aliphatic hydroxyl groups excluding tert-OH is 1. The number of nitrogens with zero attached hydrogens (tertiary/aromatic N) is 2. The number of hydrogen-bond donors (Lipinski definition) is 3. The third kappa shape index (κ3) is 6.06. The molecule has 3 N–H and O–H groups in total.